The van der Waals surface area contributed by atoms with Gasteiger partial charge in [-0.15, -0.1) is 0 Å². The Labute approximate surface area is 262 Å². The number of carbonyl (C=O) groups is 3. The highest BCUT2D eigenvalue weighted by Crippen LogP contribution is 2.32. The minimum absolute atomic E-state index is 0.107. The third kappa shape index (κ3) is 11.2. The number of halogens is 3. The Bertz CT molecular complexity index is 1520. The lowest BCUT2D eigenvalue weighted by Gasteiger charge is -2.26. The van der Waals surface area contributed by atoms with Gasteiger partial charge in [-0.2, -0.15) is 13.2 Å². The van der Waals surface area contributed by atoms with Crippen molar-refractivity contribution in [3.05, 3.63) is 99.6 Å². The summed E-state index contributed by atoms with van der Waals surface area (Å²) in [6, 6.07) is 15.5. The number of amides is 3. The number of aryl methyl sites for hydroxylation is 3. The predicted molar refractivity (Wildman–Crippen MR) is 170 cm³/mol. The smallest absolute Gasteiger partial charge is 0.380 e. The molecule has 242 valence electrons. The van der Waals surface area contributed by atoms with Gasteiger partial charge in [0, 0.05) is 30.9 Å². The number of benzene rings is 3. The molecule has 0 aromatic heterocycles. The fraction of sp³-hybridized carbons (Fsp3) is 0.382. The molecule has 0 aliphatic carbocycles. The fourth-order valence-corrected chi connectivity index (χ4v) is 4.64. The van der Waals surface area contributed by atoms with Gasteiger partial charge < -0.3 is 26.6 Å². The highest BCUT2D eigenvalue weighted by molar-refractivity contribution is 6.01. The average molecular weight is 626 g/mol. The van der Waals surface area contributed by atoms with E-state index in [4.69, 9.17) is 0 Å². The summed E-state index contributed by atoms with van der Waals surface area (Å²) >= 11 is 0. The molecule has 11 heteroatoms. The summed E-state index contributed by atoms with van der Waals surface area (Å²) in [5.41, 5.74) is 3.52. The Balaban J connectivity index is 1.69. The van der Waals surface area contributed by atoms with Crippen LogP contribution in [0.2, 0.25) is 0 Å². The SMILES string of the molecule is Cc1cccc(CNc2ccc(C(F)(F)F)cc2C(=O)NCC(=O)N[C@@H](CNCc2ccc(C)cc2C)C(=O)NC(C)(C)C)c1. The quantitative estimate of drug-likeness (QED) is 0.191. The molecule has 3 aromatic rings. The Kier molecular flexibility index (Phi) is 11.8. The van der Waals surface area contributed by atoms with Crippen molar-refractivity contribution in [2.45, 2.75) is 72.4 Å². The molecule has 0 fully saturated rings. The molecule has 0 aliphatic heterocycles. The van der Waals surface area contributed by atoms with Crippen molar-refractivity contribution in [3.8, 4) is 0 Å². The second-order valence-electron chi connectivity index (χ2n) is 12.2. The van der Waals surface area contributed by atoms with Crippen LogP contribution in [0.3, 0.4) is 0 Å². The molecule has 0 aliphatic rings. The number of rotatable bonds is 12. The topological polar surface area (TPSA) is 111 Å². The van der Waals surface area contributed by atoms with Gasteiger partial charge in [-0.1, -0.05) is 53.6 Å². The lowest BCUT2D eigenvalue weighted by molar-refractivity contribution is -0.137. The van der Waals surface area contributed by atoms with Crippen LogP contribution in [0.25, 0.3) is 0 Å². The maximum absolute atomic E-state index is 13.5. The summed E-state index contributed by atoms with van der Waals surface area (Å²) in [5, 5.41) is 14.1. The van der Waals surface area contributed by atoms with Crippen LogP contribution in [0.5, 0.6) is 0 Å². The van der Waals surface area contributed by atoms with Crippen molar-refractivity contribution in [1.29, 1.82) is 0 Å². The summed E-state index contributed by atoms with van der Waals surface area (Å²) in [5.74, 6) is -1.96. The monoisotopic (exact) mass is 625 g/mol. The number of hydrogen-bond acceptors (Lipinski definition) is 5. The van der Waals surface area contributed by atoms with Crippen LogP contribution in [0.15, 0.2) is 60.7 Å². The summed E-state index contributed by atoms with van der Waals surface area (Å²) in [4.78, 5) is 39.1. The number of carbonyl (C=O) groups excluding carboxylic acids is 3. The molecule has 45 heavy (non-hydrogen) atoms. The first-order valence-corrected chi connectivity index (χ1v) is 14.7. The number of hydrogen-bond donors (Lipinski definition) is 5. The van der Waals surface area contributed by atoms with E-state index in [1.165, 1.54) is 6.07 Å². The summed E-state index contributed by atoms with van der Waals surface area (Å²) in [7, 11) is 0. The molecule has 0 saturated carbocycles. The predicted octanol–water partition coefficient (Wildman–Crippen LogP) is 5.16. The van der Waals surface area contributed by atoms with Gasteiger partial charge in [0.1, 0.15) is 6.04 Å². The maximum atomic E-state index is 13.5. The Morgan fingerprint density at radius 2 is 1.56 bits per heavy atom. The van der Waals surface area contributed by atoms with E-state index in [9.17, 15) is 27.6 Å². The van der Waals surface area contributed by atoms with E-state index in [1.807, 2.05) is 77.9 Å². The summed E-state index contributed by atoms with van der Waals surface area (Å²) in [6.07, 6.45) is -4.67. The molecule has 1 atom stereocenters. The van der Waals surface area contributed by atoms with Crippen molar-refractivity contribution in [1.82, 2.24) is 21.3 Å². The number of anilines is 1. The van der Waals surface area contributed by atoms with Crippen LogP contribution in [-0.2, 0) is 28.9 Å². The standard InChI is InChI=1S/C34H42F3N5O3/c1-21-8-7-9-24(15-21)17-39-28-13-12-26(34(35,36)37)16-27(28)31(44)40-20-30(43)41-29(32(45)42-33(4,5)6)19-38-18-25-11-10-22(2)14-23(25)3/h7-16,29,38-39H,17-20H2,1-6H3,(H,40,44)(H,41,43)(H,42,45)/t29-/m0/s1. The second-order valence-corrected chi connectivity index (χ2v) is 12.2. The zero-order valence-electron chi connectivity index (χ0n) is 26.5. The van der Waals surface area contributed by atoms with Crippen LogP contribution >= 0.6 is 0 Å². The molecule has 3 amide bonds. The van der Waals surface area contributed by atoms with E-state index >= 15 is 0 Å². The molecule has 0 heterocycles. The molecule has 0 saturated heterocycles. The Morgan fingerprint density at radius 3 is 2.20 bits per heavy atom. The largest absolute Gasteiger partial charge is 0.416 e. The molecule has 8 nitrogen and oxygen atoms in total. The number of nitrogens with one attached hydrogen (secondary N) is 5. The van der Waals surface area contributed by atoms with Crippen LogP contribution < -0.4 is 26.6 Å². The first-order chi connectivity index (χ1) is 21.0. The molecule has 0 bridgehead atoms. The average Bonchev–Trinajstić information content (AvgIpc) is 2.94. The van der Waals surface area contributed by atoms with E-state index in [0.717, 1.165) is 39.9 Å². The highest BCUT2D eigenvalue weighted by atomic mass is 19.4. The third-order valence-corrected chi connectivity index (χ3v) is 6.88. The van der Waals surface area contributed by atoms with Crippen molar-refractivity contribution in [2.24, 2.45) is 0 Å². The van der Waals surface area contributed by atoms with Gasteiger partial charge in [0.15, 0.2) is 0 Å². The molecule has 0 spiro atoms. The minimum Gasteiger partial charge on any atom is -0.380 e. The first-order valence-electron chi connectivity index (χ1n) is 14.7. The number of alkyl halides is 3. The molecule has 3 aromatic carbocycles. The van der Waals surface area contributed by atoms with E-state index in [0.29, 0.717) is 6.54 Å². The van der Waals surface area contributed by atoms with Gasteiger partial charge in [-0.05, 0) is 76.4 Å². The summed E-state index contributed by atoms with van der Waals surface area (Å²) in [6.45, 7) is 11.6. The van der Waals surface area contributed by atoms with Crippen molar-refractivity contribution >= 4 is 23.4 Å². The molecular formula is C34H42F3N5O3. The molecular weight excluding hydrogens is 583 g/mol. The maximum Gasteiger partial charge on any atom is 0.416 e. The lowest BCUT2D eigenvalue weighted by Crippen LogP contribution is -2.56. The van der Waals surface area contributed by atoms with Crippen LogP contribution in [-0.4, -0.2) is 42.4 Å². The van der Waals surface area contributed by atoms with Gasteiger partial charge in [0.25, 0.3) is 5.91 Å². The van der Waals surface area contributed by atoms with Crippen LogP contribution in [0.1, 0.15) is 64.5 Å². The zero-order chi connectivity index (χ0) is 33.4. The van der Waals surface area contributed by atoms with E-state index in [1.54, 1.807) is 0 Å². The minimum atomic E-state index is -4.67. The van der Waals surface area contributed by atoms with Gasteiger partial charge in [0.05, 0.1) is 17.7 Å². The Morgan fingerprint density at radius 1 is 0.844 bits per heavy atom. The van der Waals surface area contributed by atoms with Crippen LogP contribution in [0.4, 0.5) is 18.9 Å². The van der Waals surface area contributed by atoms with Crippen molar-refractivity contribution in [3.63, 3.8) is 0 Å². The van der Waals surface area contributed by atoms with Crippen molar-refractivity contribution in [2.75, 3.05) is 18.4 Å². The third-order valence-electron chi connectivity index (χ3n) is 6.88. The van der Waals surface area contributed by atoms with Gasteiger partial charge >= 0.3 is 6.18 Å². The van der Waals surface area contributed by atoms with Gasteiger partial charge in [0.2, 0.25) is 11.8 Å². The highest BCUT2D eigenvalue weighted by Gasteiger charge is 2.32. The van der Waals surface area contributed by atoms with Gasteiger partial charge in [-0.3, -0.25) is 14.4 Å². The second kappa shape index (κ2) is 15.1. The molecule has 0 unspecified atom stereocenters. The Hall–Kier alpha value is -4.38. The van der Waals surface area contributed by atoms with Crippen molar-refractivity contribution < 1.29 is 27.6 Å². The fourth-order valence-electron chi connectivity index (χ4n) is 4.64. The molecule has 3 rings (SSSR count). The zero-order valence-corrected chi connectivity index (χ0v) is 26.5. The van der Waals surface area contributed by atoms with E-state index in [-0.39, 0.29) is 24.3 Å². The summed E-state index contributed by atoms with van der Waals surface area (Å²) < 4.78 is 40.5. The van der Waals surface area contributed by atoms with Crippen LogP contribution in [0, 0.1) is 20.8 Å². The van der Waals surface area contributed by atoms with E-state index in [2.05, 4.69) is 32.7 Å². The lowest BCUT2D eigenvalue weighted by atomic mass is 10.1. The van der Waals surface area contributed by atoms with Gasteiger partial charge in [-0.25, -0.2) is 0 Å². The first kappa shape index (κ1) is 35.1. The van der Waals surface area contributed by atoms with E-state index < -0.39 is 47.6 Å². The molecule has 5 N–H and O–H groups in total. The normalized spacial score (nSPS) is 12.3. The molecule has 0 radical (unpaired) electrons.